The third kappa shape index (κ3) is 5.79. The van der Waals surface area contributed by atoms with E-state index in [9.17, 15) is 14.4 Å². The average molecular weight is 303 g/mol. The molecule has 7 nitrogen and oxygen atoms in total. The minimum Gasteiger partial charge on any atom is -0.480 e. The van der Waals surface area contributed by atoms with Crippen LogP contribution in [-0.4, -0.2) is 64.1 Å². The summed E-state index contributed by atoms with van der Waals surface area (Å²) >= 11 is 1.55. The van der Waals surface area contributed by atoms with Gasteiger partial charge in [0.2, 0.25) is 5.91 Å². The van der Waals surface area contributed by atoms with Gasteiger partial charge in [0.25, 0.3) is 0 Å². The van der Waals surface area contributed by atoms with Gasteiger partial charge in [-0.25, -0.2) is 4.79 Å². The van der Waals surface area contributed by atoms with Crippen molar-refractivity contribution in [3.63, 3.8) is 0 Å². The van der Waals surface area contributed by atoms with Gasteiger partial charge in [-0.3, -0.25) is 19.8 Å². The Bertz CT molecular complexity index is 395. The number of carboxylic acids is 1. The molecule has 1 aliphatic heterocycles. The minimum absolute atomic E-state index is 0.0882. The molecule has 1 heterocycles. The van der Waals surface area contributed by atoms with E-state index in [0.717, 1.165) is 5.75 Å². The number of carbonyl (C=O) groups is 3. The van der Waals surface area contributed by atoms with Crippen LogP contribution in [0.3, 0.4) is 0 Å². The lowest BCUT2D eigenvalue weighted by Crippen LogP contribution is -2.54. The van der Waals surface area contributed by atoms with Gasteiger partial charge in [0.05, 0.1) is 6.54 Å². The van der Waals surface area contributed by atoms with Crippen molar-refractivity contribution in [3.05, 3.63) is 0 Å². The Morgan fingerprint density at radius 2 is 2.00 bits per heavy atom. The fraction of sp³-hybridized carbons (Fsp3) is 0.750. The molecule has 3 N–H and O–H groups in total. The van der Waals surface area contributed by atoms with Crippen LogP contribution in [0.15, 0.2) is 0 Å². The maximum absolute atomic E-state index is 11.8. The van der Waals surface area contributed by atoms with Crippen molar-refractivity contribution in [1.82, 2.24) is 15.5 Å². The Labute approximate surface area is 122 Å². The molecule has 1 atom stereocenters. The van der Waals surface area contributed by atoms with Gasteiger partial charge in [-0.05, 0) is 20.8 Å². The third-order valence-corrected chi connectivity index (χ3v) is 3.64. The van der Waals surface area contributed by atoms with E-state index < -0.39 is 29.5 Å². The zero-order valence-corrected chi connectivity index (χ0v) is 12.7. The highest BCUT2D eigenvalue weighted by Gasteiger charge is 2.30. The van der Waals surface area contributed by atoms with Crippen molar-refractivity contribution in [1.29, 1.82) is 0 Å². The predicted octanol–water partition coefficient (Wildman–Crippen LogP) is 0.113. The van der Waals surface area contributed by atoms with E-state index in [4.69, 9.17) is 5.11 Å². The summed E-state index contributed by atoms with van der Waals surface area (Å²) in [7, 11) is 0. The lowest BCUT2D eigenvalue weighted by Gasteiger charge is -2.31. The second-order valence-corrected chi connectivity index (χ2v) is 6.80. The topological polar surface area (TPSA) is 98.7 Å². The molecular formula is C12H21N3O4S. The number of hydrogen-bond acceptors (Lipinski definition) is 5. The molecule has 0 aliphatic carbocycles. The van der Waals surface area contributed by atoms with Crippen molar-refractivity contribution < 1.29 is 19.5 Å². The van der Waals surface area contributed by atoms with Crippen LogP contribution in [0, 0.1) is 0 Å². The quantitative estimate of drug-likeness (QED) is 0.684. The van der Waals surface area contributed by atoms with E-state index in [-0.39, 0.29) is 6.54 Å². The van der Waals surface area contributed by atoms with E-state index in [1.54, 1.807) is 37.4 Å². The normalized spacial score (nSPS) is 20.2. The van der Waals surface area contributed by atoms with Crippen LogP contribution >= 0.6 is 11.8 Å². The molecule has 0 aromatic heterocycles. The summed E-state index contributed by atoms with van der Waals surface area (Å²) in [5.41, 5.74) is -0.435. The van der Waals surface area contributed by atoms with Gasteiger partial charge < -0.3 is 10.4 Å². The Kier molecular flexibility index (Phi) is 5.82. The summed E-state index contributed by atoms with van der Waals surface area (Å²) in [4.78, 5) is 36.0. The van der Waals surface area contributed by atoms with Gasteiger partial charge in [0, 0.05) is 23.6 Å². The highest BCUT2D eigenvalue weighted by atomic mass is 32.2. The smallest absolute Gasteiger partial charge is 0.321 e. The number of urea groups is 1. The monoisotopic (exact) mass is 303 g/mol. The molecule has 0 bridgehead atoms. The zero-order chi connectivity index (χ0) is 15.3. The van der Waals surface area contributed by atoms with Crippen LogP contribution in [0.2, 0.25) is 0 Å². The van der Waals surface area contributed by atoms with Gasteiger partial charge in [-0.2, -0.15) is 11.8 Å². The Morgan fingerprint density at radius 1 is 1.35 bits per heavy atom. The standard InChI is InChI=1S/C12H21N3O4S/c1-12(2,3)14-11(19)13-9(16)6-15-4-5-20-7-8(15)10(17)18/h8H,4-7H2,1-3H3,(H,17,18)(H2,13,14,16,19). The number of nitrogens with zero attached hydrogens (tertiary/aromatic N) is 1. The minimum atomic E-state index is -0.941. The van der Waals surface area contributed by atoms with E-state index in [1.807, 2.05) is 0 Å². The van der Waals surface area contributed by atoms with E-state index in [2.05, 4.69) is 10.6 Å². The lowest BCUT2D eigenvalue weighted by molar-refractivity contribution is -0.142. The lowest BCUT2D eigenvalue weighted by atomic mass is 10.1. The van der Waals surface area contributed by atoms with Crippen molar-refractivity contribution in [2.75, 3.05) is 24.6 Å². The highest BCUT2D eigenvalue weighted by molar-refractivity contribution is 7.99. The Morgan fingerprint density at radius 3 is 2.55 bits per heavy atom. The van der Waals surface area contributed by atoms with Gasteiger partial charge in [0.1, 0.15) is 6.04 Å². The van der Waals surface area contributed by atoms with Crippen LogP contribution in [0.5, 0.6) is 0 Å². The summed E-state index contributed by atoms with van der Waals surface area (Å²) in [5, 5.41) is 13.9. The van der Waals surface area contributed by atoms with Gasteiger partial charge in [-0.1, -0.05) is 0 Å². The molecule has 114 valence electrons. The molecular weight excluding hydrogens is 282 g/mol. The van der Waals surface area contributed by atoms with E-state index >= 15 is 0 Å². The molecule has 0 saturated carbocycles. The summed E-state index contributed by atoms with van der Waals surface area (Å²) in [6, 6.07) is -1.24. The summed E-state index contributed by atoms with van der Waals surface area (Å²) in [5.74, 6) is -0.198. The van der Waals surface area contributed by atoms with Crippen molar-refractivity contribution in [3.8, 4) is 0 Å². The second-order valence-electron chi connectivity index (χ2n) is 5.65. The fourth-order valence-corrected chi connectivity index (χ4v) is 2.88. The molecule has 0 aromatic carbocycles. The van der Waals surface area contributed by atoms with Crippen molar-refractivity contribution in [2.24, 2.45) is 0 Å². The van der Waals surface area contributed by atoms with Crippen LogP contribution in [0.25, 0.3) is 0 Å². The molecule has 1 aliphatic rings. The first-order valence-corrected chi connectivity index (χ1v) is 7.51. The Hall–Kier alpha value is -1.28. The second kappa shape index (κ2) is 6.94. The number of carbonyl (C=O) groups excluding carboxylic acids is 2. The van der Waals surface area contributed by atoms with Crippen LogP contribution in [-0.2, 0) is 9.59 Å². The molecule has 8 heteroatoms. The Balaban J connectivity index is 2.48. The van der Waals surface area contributed by atoms with Crippen LogP contribution < -0.4 is 10.6 Å². The number of amides is 3. The van der Waals surface area contributed by atoms with Crippen LogP contribution in [0.1, 0.15) is 20.8 Å². The molecule has 1 rings (SSSR count). The summed E-state index contributed by atoms with van der Waals surface area (Å²) in [6.45, 7) is 5.85. The van der Waals surface area contributed by atoms with E-state index in [1.165, 1.54) is 0 Å². The average Bonchev–Trinajstić information content (AvgIpc) is 2.26. The highest BCUT2D eigenvalue weighted by Crippen LogP contribution is 2.16. The number of rotatable bonds is 3. The van der Waals surface area contributed by atoms with E-state index in [0.29, 0.717) is 12.3 Å². The number of aliphatic carboxylic acids is 1. The molecule has 1 unspecified atom stereocenters. The maximum Gasteiger partial charge on any atom is 0.321 e. The third-order valence-electron chi connectivity index (χ3n) is 2.61. The fourth-order valence-electron chi connectivity index (χ4n) is 1.78. The number of nitrogens with one attached hydrogen (secondary N) is 2. The zero-order valence-electron chi connectivity index (χ0n) is 11.9. The number of hydrogen-bond donors (Lipinski definition) is 3. The maximum atomic E-state index is 11.8. The first-order valence-electron chi connectivity index (χ1n) is 6.35. The van der Waals surface area contributed by atoms with Gasteiger partial charge in [0.15, 0.2) is 0 Å². The first-order chi connectivity index (χ1) is 9.19. The molecule has 1 fully saturated rings. The molecule has 0 aromatic rings. The molecule has 0 radical (unpaired) electrons. The predicted molar refractivity (Wildman–Crippen MR) is 76.7 cm³/mol. The number of imide groups is 1. The molecule has 0 spiro atoms. The largest absolute Gasteiger partial charge is 0.480 e. The molecule has 20 heavy (non-hydrogen) atoms. The van der Waals surface area contributed by atoms with Crippen molar-refractivity contribution >= 4 is 29.7 Å². The van der Waals surface area contributed by atoms with Crippen LogP contribution in [0.4, 0.5) is 4.79 Å². The van der Waals surface area contributed by atoms with Gasteiger partial charge in [-0.15, -0.1) is 0 Å². The first kappa shape index (κ1) is 16.8. The number of carboxylic acid groups (broad SMARTS) is 1. The summed E-state index contributed by atoms with van der Waals surface area (Å²) < 4.78 is 0. The molecule has 3 amide bonds. The molecule has 1 saturated heterocycles. The summed E-state index contributed by atoms with van der Waals surface area (Å²) in [6.07, 6.45) is 0. The van der Waals surface area contributed by atoms with Gasteiger partial charge >= 0.3 is 12.0 Å². The van der Waals surface area contributed by atoms with Crippen molar-refractivity contribution in [2.45, 2.75) is 32.4 Å². The number of thioether (sulfide) groups is 1. The SMILES string of the molecule is CC(C)(C)NC(=O)NC(=O)CN1CCSCC1C(=O)O.